The Morgan fingerprint density at radius 2 is 1.53 bits per heavy atom. The fourth-order valence-corrected chi connectivity index (χ4v) is 1.04. The van der Waals surface area contributed by atoms with E-state index in [0.29, 0.717) is 0 Å². The lowest BCUT2D eigenvalue weighted by Gasteiger charge is -2.26. The van der Waals surface area contributed by atoms with Crippen molar-refractivity contribution in [1.82, 2.24) is 0 Å². The summed E-state index contributed by atoms with van der Waals surface area (Å²) in [4.78, 5) is 21.0. The van der Waals surface area contributed by atoms with Crippen LogP contribution in [0, 0.1) is 5.41 Å². The largest absolute Gasteiger partial charge is 0.481 e. The number of aliphatic hydroxyl groups excluding tert-OH is 2. The van der Waals surface area contributed by atoms with Crippen molar-refractivity contribution in [2.45, 2.75) is 25.9 Å². The molecule has 0 rings (SSSR count). The molecular formula is C10H18O7. The van der Waals surface area contributed by atoms with Gasteiger partial charge in [0.2, 0.25) is 0 Å². The zero-order valence-electron chi connectivity index (χ0n) is 9.63. The Morgan fingerprint density at radius 1 is 1.12 bits per heavy atom. The lowest BCUT2D eigenvalue weighted by molar-refractivity contribution is -0.146. The van der Waals surface area contributed by atoms with Gasteiger partial charge in [-0.1, -0.05) is 6.92 Å². The summed E-state index contributed by atoms with van der Waals surface area (Å²) in [5.74, 6) is -2.32. The maximum Gasteiger partial charge on any atom is 0.305 e. The second-order valence-electron chi connectivity index (χ2n) is 4.26. The molecule has 0 amide bonds. The Labute approximate surface area is 98.6 Å². The fraction of sp³-hybridized carbons (Fsp3) is 0.800. The summed E-state index contributed by atoms with van der Waals surface area (Å²) in [6.07, 6.45) is -1.83. The number of hydrogen-bond donors (Lipinski definition) is 4. The third-order valence-electron chi connectivity index (χ3n) is 2.24. The van der Waals surface area contributed by atoms with Gasteiger partial charge in [-0.2, -0.15) is 0 Å². The molecule has 0 saturated carbocycles. The van der Waals surface area contributed by atoms with Gasteiger partial charge in [0.05, 0.1) is 38.8 Å². The topological polar surface area (TPSA) is 124 Å². The standard InChI is InChI=1S/C10H18O7/c1-10(4-11,5-12)6-17-7(2-8(13)14)3-9(15)16/h7,11-12H,2-6H2,1H3,(H,13,14)(H,15,16). The SMILES string of the molecule is CC(CO)(CO)COC(CC(=O)O)CC(=O)O. The molecular weight excluding hydrogens is 232 g/mol. The smallest absolute Gasteiger partial charge is 0.305 e. The Bertz CT molecular complexity index is 243. The lowest BCUT2D eigenvalue weighted by atomic mass is 9.94. The summed E-state index contributed by atoms with van der Waals surface area (Å²) in [5.41, 5.74) is -0.907. The van der Waals surface area contributed by atoms with E-state index in [9.17, 15) is 9.59 Å². The first-order valence-corrected chi connectivity index (χ1v) is 5.10. The van der Waals surface area contributed by atoms with Crippen LogP contribution in [0.15, 0.2) is 0 Å². The molecule has 0 atom stereocenters. The van der Waals surface area contributed by atoms with E-state index in [1.807, 2.05) is 0 Å². The molecule has 0 spiro atoms. The molecule has 0 aliphatic heterocycles. The van der Waals surface area contributed by atoms with Gasteiger partial charge in [-0.25, -0.2) is 0 Å². The number of carboxylic acid groups (broad SMARTS) is 2. The van der Waals surface area contributed by atoms with Crippen LogP contribution < -0.4 is 0 Å². The maximum atomic E-state index is 10.5. The third-order valence-corrected chi connectivity index (χ3v) is 2.24. The van der Waals surface area contributed by atoms with Crippen molar-refractivity contribution in [2.24, 2.45) is 5.41 Å². The van der Waals surface area contributed by atoms with Gasteiger partial charge in [0.15, 0.2) is 0 Å². The molecule has 0 saturated heterocycles. The van der Waals surface area contributed by atoms with Crippen LogP contribution in [0.1, 0.15) is 19.8 Å². The van der Waals surface area contributed by atoms with Crippen LogP contribution in [0.25, 0.3) is 0 Å². The van der Waals surface area contributed by atoms with Gasteiger partial charge in [0.1, 0.15) is 0 Å². The first-order chi connectivity index (χ1) is 7.83. The molecule has 17 heavy (non-hydrogen) atoms. The molecule has 7 nitrogen and oxygen atoms in total. The number of carboxylic acids is 2. The monoisotopic (exact) mass is 250 g/mol. The Kier molecular flexibility index (Phi) is 6.71. The van der Waals surface area contributed by atoms with Crippen LogP contribution in [-0.2, 0) is 14.3 Å². The van der Waals surface area contributed by atoms with E-state index in [1.54, 1.807) is 6.92 Å². The van der Waals surface area contributed by atoms with Gasteiger partial charge < -0.3 is 25.2 Å². The minimum absolute atomic E-state index is 0.106. The van der Waals surface area contributed by atoms with Crippen LogP contribution in [0.5, 0.6) is 0 Å². The van der Waals surface area contributed by atoms with Crippen molar-refractivity contribution >= 4 is 11.9 Å². The quantitative estimate of drug-likeness (QED) is 0.427. The van der Waals surface area contributed by atoms with E-state index in [1.165, 1.54) is 0 Å². The molecule has 0 aromatic carbocycles. The van der Waals surface area contributed by atoms with Gasteiger partial charge in [0, 0.05) is 5.41 Å². The second-order valence-corrected chi connectivity index (χ2v) is 4.26. The van der Waals surface area contributed by atoms with Gasteiger partial charge in [-0.05, 0) is 0 Å². The van der Waals surface area contributed by atoms with Gasteiger partial charge >= 0.3 is 11.9 Å². The van der Waals surface area contributed by atoms with E-state index in [2.05, 4.69) is 0 Å². The van der Waals surface area contributed by atoms with Crippen LogP contribution in [0.2, 0.25) is 0 Å². The van der Waals surface area contributed by atoms with Crippen molar-refractivity contribution in [2.75, 3.05) is 19.8 Å². The van der Waals surface area contributed by atoms with E-state index >= 15 is 0 Å². The fourth-order valence-electron chi connectivity index (χ4n) is 1.04. The molecule has 0 aromatic heterocycles. The Hall–Kier alpha value is -1.18. The number of ether oxygens (including phenoxy) is 1. The molecule has 0 heterocycles. The first kappa shape index (κ1) is 15.8. The average molecular weight is 250 g/mol. The van der Waals surface area contributed by atoms with Crippen molar-refractivity contribution in [3.05, 3.63) is 0 Å². The highest BCUT2D eigenvalue weighted by molar-refractivity contribution is 5.71. The molecule has 7 heteroatoms. The van der Waals surface area contributed by atoms with Crippen molar-refractivity contribution in [1.29, 1.82) is 0 Å². The molecule has 0 aliphatic rings. The normalized spacial score (nSPS) is 11.8. The number of aliphatic carboxylic acids is 2. The summed E-state index contributed by atoms with van der Waals surface area (Å²) < 4.78 is 5.13. The highest BCUT2D eigenvalue weighted by atomic mass is 16.5. The first-order valence-electron chi connectivity index (χ1n) is 5.10. The minimum atomic E-state index is -1.16. The molecule has 100 valence electrons. The molecule has 4 N–H and O–H groups in total. The molecule has 0 bridgehead atoms. The summed E-state index contributed by atoms with van der Waals surface area (Å²) in [7, 11) is 0. The van der Waals surface area contributed by atoms with Gasteiger partial charge in [-0.3, -0.25) is 9.59 Å². The summed E-state index contributed by atoms with van der Waals surface area (Å²) in [6.45, 7) is 0.767. The summed E-state index contributed by atoms with van der Waals surface area (Å²) in [5, 5.41) is 35.1. The number of rotatable bonds is 9. The Balaban J connectivity index is 4.32. The molecule has 0 aliphatic carbocycles. The van der Waals surface area contributed by atoms with Crippen LogP contribution >= 0.6 is 0 Å². The summed E-state index contributed by atoms with van der Waals surface area (Å²) >= 11 is 0. The lowest BCUT2D eigenvalue weighted by Crippen LogP contribution is -2.34. The van der Waals surface area contributed by atoms with E-state index in [-0.39, 0.29) is 19.8 Å². The van der Waals surface area contributed by atoms with E-state index in [4.69, 9.17) is 25.2 Å². The van der Waals surface area contributed by atoms with Crippen LogP contribution in [0.4, 0.5) is 0 Å². The zero-order valence-corrected chi connectivity index (χ0v) is 9.63. The highest BCUT2D eigenvalue weighted by Gasteiger charge is 2.26. The number of aliphatic hydroxyl groups is 2. The minimum Gasteiger partial charge on any atom is -0.481 e. The van der Waals surface area contributed by atoms with Crippen molar-refractivity contribution in [3.8, 4) is 0 Å². The van der Waals surface area contributed by atoms with Crippen LogP contribution in [-0.4, -0.2) is 58.3 Å². The number of carbonyl (C=O) groups is 2. The van der Waals surface area contributed by atoms with E-state index in [0.717, 1.165) is 0 Å². The maximum absolute atomic E-state index is 10.5. The number of hydrogen-bond acceptors (Lipinski definition) is 5. The van der Waals surface area contributed by atoms with Crippen molar-refractivity contribution in [3.63, 3.8) is 0 Å². The zero-order chi connectivity index (χ0) is 13.5. The average Bonchev–Trinajstić information content (AvgIpc) is 2.24. The van der Waals surface area contributed by atoms with E-state index < -0.39 is 36.3 Å². The van der Waals surface area contributed by atoms with Gasteiger partial charge in [-0.15, -0.1) is 0 Å². The molecule has 0 radical (unpaired) electrons. The van der Waals surface area contributed by atoms with Crippen LogP contribution in [0.3, 0.4) is 0 Å². The third kappa shape index (κ3) is 6.88. The predicted molar refractivity (Wildman–Crippen MR) is 56.5 cm³/mol. The molecule has 0 unspecified atom stereocenters. The second kappa shape index (κ2) is 7.21. The van der Waals surface area contributed by atoms with Gasteiger partial charge in [0.25, 0.3) is 0 Å². The molecule has 0 fully saturated rings. The Morgan fingerprint density at radius 3 is 1.82 bits per heavy atom. The highest BCUT2D eigenvalue weighted by Crippen LogP contribution is 2.17. The molecule has 0 aromatic rings. The van der Waals surface area contributed by atoms with Crippen molar-refractivity contribution < 1.29 is 34.8 Å². The summed E-state index contributed by atoms with van der Waals surface area (Å²) in [6, 6.07) is 0. The predicted octanol–water partition coefficient (Wildman–Crippen LogP) is -0.688.